The Hall–Kier alpha value is -1.95. The first-order chi connectivity index (χ1) is 10.7. The van der Waals surface area contributed by atoms with Crippen molar-refractivity contribution in [3.05, 3.63) is 29.6 Å². The molecule has 2 rings (SSSR count). The predicted octanol–water partition coefficient (Wildman–Crippen LogP) is 2.25. The zero-order valence-electron chi connectivity index (χ0n) is 12.6. The van der Waals surface area contributed by atoms with Gasteiger partial charge in [-0.1, -0.05) is 19.3 Å². The number of nitrogens with zero attached hydrogens (tertiary/aromatic N) is 1. The molecule has 2 N–H and O–H groups in total. The number of hydrogen-bond acceptors (Lipinski definition) is 4. The van der Waals surface area contributed by atoms with Gasteiger partial charge in [-0.25, -0.2) is 9.78 Å². The highest BCUT2D eigenvalue weighted by atomic mass is 16.5. The first-order valence-corrected chi connectivity index (χ1v) is 7.76. The fourth-order valence-electron chi connectivity index (χ4n) is 2.55. The van der Waals surface area contributed by atoms with E-state index in [0.29, 0.717) is 24.8 Å². The zero-order chi connectivity index (χ0) is 15.8. The number of nitrogens with one attached hydrogen (secondary N) is 1. The van der Waals surface area contributed by atoms with Gasteiger partial charge in [-0.2, -0.15) is 0 Å². The molecule has 1 aromatic heterocycles. The second-order valence-corrected chi connectivity index (χ2v) is 5.48. The second-order valence-electron chi connectivity index (χ2n) is 5.48. The Morgan fingerprint density at radius 3 is 2.82 bits per heavy atom. The number of ether oxygens (including phenoxy) is 1. The average Bonchev–Trinajstić information content (AvgIpc) is 2.55. The molecule has 1 aliphatic rings. The van der Waals surface area contributed by atoms with E-state index in [9.17, 15) is 9.59 Å². The minimum atomic E-state index is -1.14. The Bertz CT molecular complexity index is 513. The molecule has 0 spiro atoms. The van der Waals surface area contributed by atoms with E-state index in [4.69, 9.17) is 9.84 Å². The van der Waals surface area contributed by atoms with E-state index in [2.05, 4.69) is 10.3 Å². The highest BCUT2D eigenvalue weighted by Crippen LogP contribution is 2.20. The molecule has 0 saturated heterocycles. The average molecular weight is 306 g/mol. The summed E-state index contributed by atoms with van der Waals surface area (Å²) in [5.74, 6) is -1.43. The molecule has 1 saturated carbocycles. The summed E-state index contributed by atoms with van der Waals surface area (Å²) in [6, 6.07) is 2.77. The molecule has 0 aliphatic heterocycles. The van der Waals surface area contributed by atoms with Crippen molar-refractivity contribution in [1.82, 2.24) is 10.3 Å². The van der Waals surface area contributed by atoms with Crippen molar-refractivity contribution in [3.63, 3.8) is 0 Å². The number of amides is 1. The van der Waals surface area contributed by atoms with Crippen molar-refractivity contribution in [2.75, 3.05) is 13.2 Å². The maximum Gasteiger partial charge on any atom is 0.354 e. The van der Waals surface area contributed by atoms with E-state index in [1.165, 1.54) is 37.6 Å². The first-order valence-electron chi connectivity index (χ1n) is 7.76. The smallest absolute Gasteiger partial charge is 0.354 e. The lowest BCUT2D eigenvalue weighted by Gasteiger charge is -2.21. The number of carbonyl (C=O) groups excluding carboxylic acids is 1. The summed E-state index contributed by atoms with van der Waals surface area (Å²) in [6.45, 7) is 1.15. The number of pyridine rings is 1. The van der Waals surface area contributed by atoms with Gasteiger partial charge in [0.05, 0.1) is 6.10 Å². The number of carboxylic acid groups (broad SMARTS) is 1. The van der Waals surface area contributed by atoms with Crippen LogP contribution < -0.4 is 5.32 Å². The molecule has 1 aliphatic carbocycles. The second kappa shape index (κ2) is 8.48. The lowest BCUT2D eigenvalue weighted by molar-refractivity contribution is 0.0273. The van der Waals surface area contributed by atoms with Crippen LogP contribution >= 0.6 is 0 Å². The standard InChI is InChI=1S/C16H22N2O4/c19-15(12-7-9-17-14(11-12)16(20)21)18-8-4-10-22-13-5-2-1-3-6-13/h7,9,11,13H,1-6,8,10H2,(H,18,19)(H,20,21). The Balaban J connectivity index is 1.67. The van der Waals surface area contributed by atoms with Crippen molar-refractivity contribution >= 4 is 11.9 Å². The van der Waals surface area contributed by atoms with Crippen LogP contribution in [0.25, 0.3) is 0 Å². The quantitative estimate of drug-likeness (QED) is 0.754. The molecule has 0 bridgehead atoms. The van der Waals surface area contributed by atoms with Crippen LogP contribution in [0.4, 0.5) is 0 Å². The normalized spacial score (nSPS) is 15.5. The van der Waals surface area contributed by atoms with E-state index in [-0.39, 0.29) is 11.6 Å². The van der Waals surface area contributed by atoms with Gasteiger partial charge in [-0.15, -0.1) is 0 Å². The highest BCUT2D eigenvalue weighted by molar-refractivity contribution is 5.96. The van der Waals surface area contributed by atoms with E-state index >= 15 is 0 Å². The van der Waals surface area contributed by atoms with Crippen molar-refractivity contribution in [2.45, 2.75) is 44.6 Å². The minimum absolute atomic E-state index is 0.131. The molecule has 1 heterocycles. The molecule has 0 aromatic carbocycles. The molecule has 1 fully saturated rings. The molecule has 0 atom stereocenters. The Morgan fingerprint density at radius 1 is 1.32 bits per heavy atom. The van der Waals surface area contributed by atoms with Crippen LogP contribution in [0.15, 0.2) is 18.3 Å². The summed E-state index contributed by atoms with van der Waals surface area (Å²) in [5, 5.41) is 11.6. The third kappa shape index (κ3) is 5.11. The molecule has 0 radical (unpaired) electrons. The van der Waals surface area contributed by atoms with Crippen LogP contribution in [0.1, 0.15) is 59.4 Å². The lowest BCUT2D eigenvalue weighted by atomic mass is 9.98. The summed E-state index contributed by atoms with van der Waals surface area (Å²) in [5.41, 5.74) is 0.175. The van der Waals surface area contributed by atoms with Gasteiger partial charge in [-0.3, -0.25) is 4.79 Å². The number of hydrogen-bond donors (Lipinski definition) is 2. The summed E-state index contributed by atoms with van der Waals surface area (Å²) in [4.78, 5) is 26.4. The minimum Gasteiger partial charge on any atom is -0.477 e. The third-order valence-electron chi connectivity index (χ3n) is 3.75. The fraction of sp³-hybridized carbons (Fsp3) is 0.562. The fourth-order valence-corrected chi connectivity index (χ4v) is 2.55. The Morgan fingerprint density at radius 2 is 2.09 bits per heavy atom. The van der Waals surface area contributed by atoms with Gasteiger partial charge >= 0.3 is 5.97 Å². The molecule has 6 nitrogen and oxygen atoms in total. The largest absolute Gasteiger partial charge is 0.477 e. The van der Waals surface area contributed by atoms with E-state index in [0.717, 1.165) is 19.3 Å². The van der Waals surface area contributed by atoms with Crippen molar-refractivity contribution < 1.29 is 19.4 Å². The molecule has 1 aromatic rings. The lowest BCUT2D eigenvalue weighted by Crippen LogP contribution is -2.26. The van der Waals surface area contributed by atoms with Crippen molar-refractivity contribution in [2.24, 2.45) is 0 Å². The summed E-state index contributed by atoms with van der Waals surface area (Å²) < 4.78 is 5.78. The summed E-state index contributed by atoms with van der Waals surface area (Å²) >= 11 is 0. The van der Waals surface area contributed by atoms with Crippen LogP contribution in [0.3, 0.4) is 0 Å². The number of carbonyl (C=O) groups is 2. The van der Waals surface area contributed by atoms with Crippen LogP contribution in [-0.4, -0.2) is 41.2 Å². The number of carboxylic acids is 1. The van der Waals surface area contributed by atoms with Gasteiger partial charge in [-0.05, 0) is 31.4 Å². The van der Waals surface area contributed by atoms with E-state index < -0.39 is 5.97 Å². The number of rotatable bonds is 7. The molecule has 1 amide bonds. The summed E-state index contributed by atoms with van der Waals surface area (Å²) in [7, 11) is 0. The van der Waals surface area contributed by atoms with Crippen molar-refractivity contribution in [1.29, 1.82) is 0 Å². The molecule has 120 valence electrons. The monoisotopic (exact) mass is 306 g/mol. The first kappa shape index (κ1) is 16.4. The maximum atomic E-state index is 11.9. The van der Waals surface area contributed by atoms with Gasteiger partial charge in [0.1, 0.15) is 5.69 Å². The van der Waals surface area contributed by atoms with Crippen LogP contribution in [0.2, 0.25) is 0 Å². The molecule has 0 unspecified atom stereocenters. The number of aromatic nitrogens is 1. The van der Waals surface area contributed by atoms with E-state index in [1.54, 1.807) is 0 Å². The van der Waals surface area contributed by atoms with Gasteiger partial charge in [0, 0.05) is 24.9 Å². The zero-order valence-corrected chi connectivity index (χ0v) is 12.6. The van der Waals surface area contributed by atoms with Gasteiger partial charge < -0.3 is 15.2 Å². The van der Waals surface area contributed by atoms with Crippen LogP contribution in [-0.2, 0) is 4.74 Å². The van der Waals surface area contributed by atoms with E-state index in [1.807, 2.05) is 0 Å². The molecule has 22 heavy (non-hydrogen) atoms. The number of aromatic carboxylic acids is 1. The Kier molecular flexibility index (Phi) is 6.33. The molecular weight excluding hydrogens is 284 g/mol. The third-order valence-corrected chi connectivity index (χ3v) is 3.75. The SMILES string of the molecule is O=C(NCCCOC1CCCCC1)c1ccnc(C(=O)O)c1. The maximum absolute atomic E-state index is 11.9. The van der Waals surface area contributed by atoms with Crippen LogP contribution in [0.5, 0.6) is 0 Å². The van der Waals surface area contributed by atoms with Gasteiger partial charge in [0.25, 0.3) is 5.91 Å². The van der Waals surface area contributed by atoms with Gasteiger partial charge in [0.2, 0.25) is 0 Å². The van der Waals surface area contributed by atoms with Gasteiger partial charge in [0.15, 0.2) is 0 Å². The van der Waals surface area contributed by atoms with Crippen LogP contribution in [0, 0.1) is 0 Å². The molecular formula is C16H22N2O4. The summed E-state index contributed by atoms with van der Waals surface area (Å²) in [6.07, 6.45) is 8.53. The van der Waals surface area contributed by atoms with Crippen molar-refractivity contribution in [3.8, 4) is 0 Å². The predicted molar refractivity (Wildman–Crippen MR) is 81.0 cm³/mol. The topological polar surface area (TPSA) is 88.5 Å². The highest BCUT2D eigenvalue weighted by Gasteiger charge is 2.13. The molecule has 6 heteroatoms. The Labute approximate surface area is 129 Å².